The first-order valence-electron chi connectivity index (χ1n) is 12.3. The van der Waals surface area contributed by atoms with Crippen LogP contribution >= 0.6 is 27.5 Å². The lowest BCUT2D eigenvalue weighted by Gasteiger charge is -2.11. The zero-order chi connectivity index (χ0) is 28.5. The van der Waals surface area contributed by atoms with Crippen LogP contribution in [0.25, 0.3) is 33.5 Å². The lowest BCUT2D eigenvalue weighted by molar-refractivity contribution is -0.384. The Kier molecular flexibility index (Phi) is 7.08. The molecule has 0 saturated carbocycles. The van der Waals surface area contributed by atoms with E-state index in [2.05, 4.69) is 26.0 Å². The van der Waals surface area contributed by atoms with E-state index in [1.807, 2.05) is 30.3 Å². The van der Waals surface area contributed by atoms with Crippen LogP contribution in [0.15, 0.2) is 110 Å². The number of halogens is 2. The molecule has 6 aromatic rings. The molecule has 202 valence electrons. The van der Waals surface area contributed by atoms with Gasteiger partial charge >= 0.3 is 0 Å². The average Bonchev–Trinajstić information content (AvgIpc) is 3.39. The smallest absolute Gasteiger partial charge is 0.282 e. The number of nitro groups is 1. The van der Waals surface area contributed by atoms with Gasteiger partial charge in [0.25, 0.3) is 11.2 Å². The summed E-state index contributed by atoms with van der Waals surface area (Å²) in [6, 6.07) is 25.6. The van der Waals surface area contributed by atoms with Crippen LogP contribution in [0.5, 0.6) is 5.75 Å². The molecule has 0 saturated heterocycles. The number of para-hydroxylation sites is 1. The summed E-state index contributed by atoms with van der Waals surface area (Å²) in [7, 11) is 0. The molecule has 0 bridgehead atoms. The molecule has 0 aliphatic rings. The predicted molar refractivity (Wildman–Crippen MR) is 161 cm³/mol. The van der Waals surface area contributed by atoms with Crippen molar-refractivity contribution >= 4 is 61.3 Å². The molecule has 6 rings (SSSR count). The summed E-state index contributed by atoms with van der Waals surface area (Å²) in [5, 5.41) is 17.7. The fourth-order valence-electron chi connectivity index (χ4n) is 4.29. The molecular weight excluding hydrogens is 612 g/mol. The van der Waals surface area contributed by atoms with E-state index >= 15 is 0 Å². The van der Waals surface area contributed by atoms with Gasteiger partial charge in [0.05, 0.1) is 22.0 Å². The summed E-state index contributed by atoms with van der Waals surface area (Å²) in [6.07, 6.45) is 1.33. The first-order chi connectivity index (χ1) is 19.9. The second kappa shape index (κ2) is 11.0. The van der Waals surface area contributed by atoms with Crippen molar-refractivity contribution in [2.24, 2.45) is 5.10 Å². The van der Waals surface area contributed by atoms with Crippen molar-refractivity contribution in [2.45, 2.75) is 6.61 Å². The number of nitrogens with zero attached hydrogens (tertiary/aromatic N) is 4. The third-order valence-electron chi connectivity index (χ3n) is 6.31. The number of non-ortho nitro benzene ring substituents is 1. The number of rotatable bonds is 7. The molecule has 4 aromatic carbocycles. The summed E-state index contributed by atoms with van der Waals surface area (Å²) in [4.78, 5) is 29.3. The van der Waals surface area contributed by atoms with Gasteiger partial charge in [-0.2, -0.15) is 9.78 Å². The molecule has 11 heteroatoms. The number of hydrogen-bond donors (Lipinski definition) is 0. The number of ether oxygens (including phenoxy) is 1. The van der Waals surface area contributed by atoms with Gasteiger partial charge in [-0.05, 0) is 48.5 Å². The van der Waals surface area contributed by atoms with Crippen molar-refractivity contribution < 1.29 is 14.1 Å². The third-order valence-corrected chi connectivity index (χ3v) is 7.17. The van der Waals surface area contributed by atoms with Crippen molar-refractivity contribution in [2.75, 3.05) is 0 Å². The van der Waals surface area contributed by atoms with Gasteiger partial charge in [-0.15, -0.1) is 0 Å². The number of benzene rings is 4. The zero-order valence-corrected chi connectivity index (χ0v) is 23.4. The minimum absolute atomic E-state index is 0.121. The molecule has 0 amide bonds. The van der Waals surface area contributed by atoms with Crippen LogP contribution in [-0.4, -0.2) is 20.8 Å². The highest BCUT2D eigenvalue weighted by Gasteiger charge is 2.18. The summed E-state index contributed by atoms with van der Waals surface area (Å²) < 4.78 is 14.0. The summed E-state index contributed by atoms with van der Waals surface area (Å²) in [5.74, 6) is 0.810. The molecule has 0 N–H and O–H groups in total. The first-order valence-corrected chi connectivity index (χ1v) is 13.4. The normalized spacial score (nSPS) is 11.5. The van der Waals surface area contributed by atoms with E-state index in [-0.39, 0.29) is 23.7 Å². The van der Waals surface area contributed by atoms with Crippen LogP contribution in [0.3, 0.4) is 0 Å². The molecule has 0 fully saturated rings. The van der Waals surface area contributed by atoms with Crippen LogP contribution in [0, 0.1) is 10.1 Å². The Hall–Kier alpha value is -4.80. The summed E-state index contributed by atoms with van der Waals surface area (Å²) in [6.45, 7) is 0.121. The maximum Gasteiger partial charge on any atom is 0.282 e. The number of nitro benzene ring substituents is 1. The summed E-state index contributed by atoms with van der Waals surface area (Å²) in [5.41, 5.74) is 1.50. The van der Waals surface area contributed by atoms with Crippen LogP contribution in [0.2, 0.25) is 5.02 Å². The van der Waals surface area contributed by atoms with Gasteiger partial charge in [-0.25, -0.2) is 4.98 Å². The Bertz CT molecular complexity index is 2050. The second-order valence-electron chi connectivity index (χ2n) is 8.97. The topological polar surface area (TPSA) is 113 Å². The molecule has 2 aromatic heterocycles. The van der Waals surface area contributed by atoms with Gasteiger partial charge in [0.1, 0.15) is 17.9 Å². The van der Waals surface area contributed by atoms with E-state index in [1.54, 1.807) is 42.5 Å². The quantitative estimate of drug-likeness (QED) is 0.102. The molecule has 0 spiro atoms. The maximum absolute atomic E-state index is 13.6. The molecule has 9 nitrogen and oxygen atoms in total. The second-order valence-corrected chi connectivity index (χ2v) is 10.3. The third kappa shape index (κ3) is 5.34. The van der Waals surface area contributed by atoms with Crippen LogP contribution < -0.4 is 10.3 Å². The van der Waals surface area contributed by atoms with Crippen molar-refractivity contribution in [3.05, 3.63) is 132 Å². The largest absolute Gasteiger partial charge is 0.488 e. The maximum atomic E-state index is 13.6. The minimum Gasteiger partial charge on any atom is -0.488 e. The number of aromatic nitrogens is 2. The Labute approximate surface area is 245 Å². The average molecular weight is 630 g/mol. The van der Waals surface area contributed by atoms with Gasteiger partial charge in [0.15, 0.2) is 5.76 Å². The number of fused-ring (bicyclic) bond motifs is 2. The predicted octanol–water partition coefficient (Wildman–Crippen LogP) is 7.60. The Balaban J connectivity index is 1.47. The molecule has 0 atom stereocenters. The Morgan fingerprint density at radius 1 is 1.05 bits per heavy atom. The molecule has 41 heavy (non-hydrogen) atoms. The van der Waals surface area contributed by atoms with Gasteiger partial charge in [0, 0.05) is 38.1 Å². The molecule has 0 unspecified atom stereocenters. The van der Waals surface area contributed by atoms with Gasteiger partial charge < -0.3 is 9.15 Å². The minimum atomic E-state index is -0.517. The zero-order valence-electron chi connectivity index (χ0n) is 21.0. The van der Waals surface area contributed by atoms with Gasteiger partial charge in [-0.1, -0.05) is 57.9 Å². The fraction of sp³-hybridized carbons (Fsp3) is 0.0333. The molecule has 0 aliphatic heterocycles. The monoisotopic (exact) mass is 628 g/mol. The van der Waals surface area contributed by atoms with E-state index < -0.39 is 10.5 Å². The van der Waals surface area contributed by atoms with E-state index in [1.165, 1.54) is 24.4 Å². The van der Waals surface area contributed by atoms with E-state index in [0.29, 0.717) is 33.0 Å². The Morgan fingerprint density at radius 2 is 1.85 bits per heavy atom. The molecular formula is C30H18BrClN4O5. The van der Waals surface area contributed by atoms with E-state index in [0.717, 1.165) is 20.1 Å². The molecule has 0 radical (unpaired) electrons. The number of furan rings is 1. The standard InChI is InChI=1S/C30H18BrClN4O5/c31-21-9-11-27-19(13-21)15-28(41-27)29-34-25-8-4-2-6-23(25)30(37)35(29)33-16-20-14-22(36(38)39)10-12-26(20)40-17-18-5-1-3-7-24(18)32/h1-16H,17H2. The highest BCUT2D eigenvalue weighted by Crippen LogP contribution is 2.30. The summed E-state index contributed by atoms with van der Waals surface area (Å²) >= 11 is 9.72. The molecule has 0 aliphatic carbocycles. The van der Waals surface area contributed by atoms with Gasteiger partial charge in [0.2, 0.25) is 5.82 Å². The van der Waals surface area contributed by atoms with Crippen molar-refractivity contribution in [3.8, 4) is 17.3 Å². The SMILES string of the molecule is O=c1c2ccccc2nc(-c2cc3cc(Br)ccc3o2)n1N=Cc1cc([N+](=O)[O-])ccc1OCc1ccccc1Cl. The fourth-order valence-corrected chi connectivity index (χ4v) is 4.86. The highest BCUT2D eigenvalue weighted by atomic mass is 79.9. The van der Waals surface area contributed by atoms with E-state index in [4.69, 9.17) is 20.8 Å². The lowest BCUT2D eigenvalue weighted by Crippen LogP contribution is -2.20. The Morgan fingerprint density at radius 3 is 2.68 bits per heavy atom. The number of hydrogen-bond acceptors (Lipinski definition) is 7. The van der Waals surface area contributed by atoms with Crippen LogP contribution in [0.1, 0.15) is 11.1 Å². The highest BCUT2D eigenvalue weighted by molar-refractivity contribution is 9.10. The van der Waals surface area contributed by atoms with E-state index in [9.17, 15) is 14.9 Å². The van der Waals surface area contributed by atoms with Crippen LogP contribution in [-0.2, 0) is 6.61 Å². The van der Waals surface area contributed by atoms with Crippen molar-refractivity contribution in [3.63, 3.8) is 0 Å². The van der Waals surface area contributed by atoms with Crippen molar-refractivity contribution in [1.82, 2.24) is 9.66 Å². The van der Waals surface area contributed by atoms with Crippen molar-refractivity contribution in [1.29, 1.82) is 0 Å². The van der Waals surface area contributed by atoms with Crippen LogP contribution in [0.4, 0.5) is 5.69 Å². The van der Waals surface area contributed by atoms with Gasteiger partial charge in [-0.3, -0.25) is 14.9 Å². The first kappa shape index (κ1) is 26.4. The molecule has 2 heterocycles. The lowest BCUT2D eigenvalue weighted by atomic mass is 10.2.